The molecule has 0 saturated carbocycles. The van der Waals surface area contributed by atoms with E-state index in [9.17, 15) is 0 Å². The van der Waals surface area contributed by atoms with Crippen molar-refractivity contribution >= 4 is 46.3 Å². The number of likely N-dealkylation sites (N-methyl/N-ethyl adjacent to an activating group) is 1. The summed E-state index contributed by atoms with van der Waals surface area (Å²) in [7, 11) is 3.80. The highest BCUT2D eigenvalue weighted by molar-refractivity contribution is 6.04. The van der Waals surface area contributed by atoms with Crippen LogP contribution in [0.3, 0.4) is 0 Å². The van der Waals surface area contributed by atoms with E-state index in [0.29, 0.717) is 23.1 Å². The number of nitrogen functional groups attached to an aromatic ring is 1. The fraction of sp³-hybridized carbons (Fsp3) is 0.357. The Bertz CT molecular complexity index is 1350. The molecule has 188 valence electrons. The van der Waals surface area contributed by atoms with Crippen LogP contribution < -0.4 is 20.7 Å². The minimum atomic E-state index is 0.398. The lowest BCUT2D eigenvalue weighted by atomic mass is 10.1. The van der Waals surface area contributed by atoms with Crippen molar-refractivity contribution in [1.29, 1.82) is 0 Å². The van der Waals surface area contributed by atoms with Crippen LogP contribution in [0.5, 0.6) is 5.75 Å². The molecule has 1 aromatic heterocycles. The van der Waals surface area contributed by atoms with Crippen LogP contribution in [0.25, 0.3) is 16.6 Å². The molecule has 3 heterocycles. The molecule has 36 heavy (non-hydrogen) atoms. The first-order chi connectivity index (χ1) is 17.5. The monoisotopic (exact) mass is 485 g/mol. The van der Waals surface area contributed by atoms with Crippen molar-refractivity contribution < 1.29 is 4.74 Å². The third kappa shape index (κ3) is 4.33. The van der Waals surface area contributed by atoms with Gasteiger partial charge < -0.3 is 30.2 Å². The van der Waals surface area contributed by atoms with Gasteiger partial charge in [0.05, 0.1) is 29.9 Å². The van der Waals surface area contributed by atoms with Gasteiger partial charge in [-0.15, -0.1) is 0 Å². The molecule has 2 aliphatic rings. The number of aromatic nitrogens is 1. The number of aryl methyl sites for hydroxylation is 1. The summed E-state index contributed by atoms with van der Waals surface area (Å²) in [5.74, 6) is 1.09. The Labute approximate surface area is 212 Å². The lowest BCUT2D eigenvalue weighted by molar-refractivity contribution is 0.313. The average Bonchev–Trinajstić information content (AvgIpc) is 3.49. The highest BCUT2D eigenvalue weighted by Crippen LogP contribution is 2.38. The molecular weight excluding hydrogens is 450 g/mol. The number of hydrogen-bond acceptors (Lipinski definition) is 5. The van der Waals surface area contributed by atoms with Crippen molar-refractivity contribution in [3.63, 3.8) is 0 Å². The maximum Gasteiger partial charge on any atom is 0.227 e. The Morgan fingerprint density at radius 3 is 2.64 bits per heavy atom. The van der Waals surface area contributed by atoms with Gasteiger partial charge in [0.15, 0.2) is 0 Å². The number of para-hydroxylation sites is 1. The number of guanidine groups is 1. The third-order valence-electron chi connectivity index (χ3n) is 7.22. The van der Waals surface area contributed by atoms with E-state index < -0.39 is 0 Å². The second kappa shape index (κ2) is 10.1. The lowest BCUT2D eigenvalue weighted by Crippen LogP contribution is -2.44. The van der Waals surface area contributed by atoms with Crippen LogP contribution in [0.4, 0.5) is 17.1 Å². The van der Waals surface area contributed by atoms with Gasteiger partial charge in [0.1, 0.15) is 5.75 Å². The molecule has 3 aromatic rings. The van der Waals surface area contributed by atoms with E-state index in [4.69, 9.17) is 15.5 Å². The predicted octanol–water partition coefficient (Wildman–Crippen LogP) is 4.46. The Kier molecular flexibility index (Phi) is 6.69. The quantitative estimate of drug-likeness (QED) is 0.317. The number of aliphatic imine (C=N–C) groups is 2. The number of nitrogens with zero attached hydrogens (tertiary/aromatic N) is 5. The first-order valence-electron chi connectivity index (χ1n) is 12.5. The number of methoxy groups -OCH3 is 1. The predicted molar refractivity (Wildman–Crippen MR) is 152 cm³/mol. The largest absolute Gasteiger partial charge is 0.494 e. The number of rotatable bonds is 5. The summed E-state index contributed by atoms with van der Waals surface area (Å²) in [6, 6.07) is 12.4. The minimum Gasteiger partial charge on any atom is -0.494 e. The molecule has 0 spiro atoms. The van der Waals surface area contributed by atoms with Crippen LogP contribution in [0, 0.1) is 0 Å². The van der Waals surface area contributed by atoms with E-state index in [-0.39, 0.29) is 0 Å². The molecule has 0 bridgehead atoms. The molecule has 0 unspecified atom stereocenters. The van der Waals surface area contributed by atoms with Gasteiger partial charge in [-0.2, -0.15) is 0 Å². The summed E-state index contributed by atoms with van der Waals surface area (Å²) in [5, 5.41) is 4.52. The van der Waals surface area contributed by atoms with E-state index in [1.165, 1.54) is 22.2 Å². The van der Waals surface area contributed by atoms with Crippen molar-refractivity contribution in [1.82, 2.24) is 9.47 Å². The van der Waals surface area contributed by atoms with Gasteiger partial charge in [-0.1, -0.05) is 24.3 Å². The molecule has 0 aliphatic carbocycles. The summed E-state index contributed by atoms with van der Waals surface area (Å²) in [4.78, 5) is 13.8. The van der Waals surface area contributed by atoms with Crippen molar-refractivity contribution in [2.75, 3.05) is 56.3 Å². The average molecular weight is 486 g/mol. The van der Waals surface area contributed by atoms with Crippen LogP contribution in [0.15, 0.2) is 52.5 Å². The zero-order valence-corrected chi connectivity index (χ0v) is 21.4. The highest BCUT2D eigenvalue weighted by Gasteiger charge is 2.23. The number of nitrogens with one attached hydrogen (secondary N) is 1. The molecule has 0 amide bonds. The van der Waals surface area contributed by atoms with Crippen molar-refractivity contribution in [2.45, 2.75) is 26.3 Å². The van der Waals surface area contributed by atoms with Crippen molar-refractivity contribution in [2.24, 2.45) is 9.98 Å². The summed E-state index contributed by atoms with van der Waals surface area (Å²) in [5.41, 5.74) is 13.5. The maximum absolute atomic E-state index is 6.50. The molecule has 5 rings (SSSR count). The Hall–Kier alpha value is -3.78. The summed E-state index contributed by atoms with van der Waals surface area (Å²) in [6.45, 7) is 10.7. The standard InChI is InChI=1S/C28H35N7O/c1-5-21(27-19-9-6-7-10-23(19)35-12-8-11-24(27)35)31-28(30-2)32-22-17-20(29)25(18-26(22)36-4)34-15-13-33(3)14-16-34/h5-7,9-10,17-18H,2,8,11-16,29H2,1,3-4H3,(H,31,32)/b21-5-. The fourth-order valence-corrected chi connectivity index (χ4v) is 5.34. The molecule has 0 atom stereocenters. The fourth-order valence-electron chi connectivity index (χ4n) is 5.34. The molecule has 3 N–H and O–H groups in total. The van der Waals surface area contributed by atoms with Crippen LogP contribution in [0.1, 0.15) is 24.6 Å². The number of ether oxygens (including phenoxy) is 1. The first kappa shape index (κ1) is 23.9. The van der Waals surface area contributed by atoms with Gasteiger partial charge in [-0.25, -0.2) is 9.98 Å². The summed E-state index contributed by atoms with van der Waals surface area (Å²) in [6.07, 6.45) is 4.23. The number of benzene rings is 2. The van der Waals surface area contributed by atoms with Gasteiger partial charge in [0, 0.05) is 61.0 Å². The van der Waals surface area contributed by atoms with Crippen molar-refractivity contribution in [3.05, 3.63) is 53.7 Å². The van der Waals surface area contributed by atoms with Crippen LogP contribution in [0.2, 0.25) is 0 Å². The Morgan fingerprint density at radius 2 is 1.92 bits per heavy atom. The smallest absolute Gasteiger partial charge is 0.227 e. The molecule has 8 heteroatoms. The number of hydrogen-bond donors (Lipinski definition) is 2. The van der Waals surface area contributed by atoms with Crippen LogP contribution >= 0.6 is 0 Å². The second-order valence-electron chi connectivity index (χ2n) is 9.39. The van der Waals surface area contributed by atoms with Gasteiger partial charge in [0.2, 0.25) is 5.96 Å². The van der Waals surface area contributed by atoms with E-state index in [2.05, 4.69) is 62.7 Å². The number of allylic oxidation sites excluding steroid dienone is 1. The number of fused-ring (bicyclic) bond motifs is 3. The number of nitrogens with two attached hydrogens (primary N) is 1. The zero-order chi connectivity index (χ0) is 25.2. The minimum absolute atomic E-state index is 0.398. The van der Waals surface area contributed by atoms with Crippen LogP contribution in [-0.2, 0) is 13.0 Å². The Morgan fingerprint density at radius 1 is 1.14 bits per heavy atom. The molecule has 1 saturated heterocycles. The third-order valence-corrected chi connectivity index (χ3v) is 7.22. The lowest BCUT2D eigenvalue weighted by Gasteiger charge is -2.35. The number of piperazine rings is 1. The van der Waals surface area contributed by atoms with E-state index in [1.807, 2.05) is 25.1 Å². The van der Waals surface area contributed by atoms with E-state index >= 15 is 0 Å². The van der Waals surface area contributed by atoms with Crippen LogP contribution in [-0.4, -0.2) is 62.5 Å². The van der Waals surface area contributed by atoms with Gasteiger partial charge >= 0.3 is 0 Å². The normalized spacial score (nSPS) is 16.9. The topological polar surface area (TPSA) is 83.4 Å². The highest BCUT2D eigenvalue weighted by atomic mass is 16.5. The van der Waals surface area contributed by atoms with Gasteiger partial charge in [0.25, 0.3) is 0 Å². The molecule has 8 nitrogen and oxygen atoms in total. The Balaban J connectivity index is 1.48. The molecule has 2 aliphatic heterocycles. The van der Waals surface area contributed by atoms with Crippen molar-refractivity contribution in [3.8, 4) is 5.75 Å². The first-order valence-corrected chi connectivity index (χ1v) is 12.5. The van der Waals surface area contributed by atoms with E-state index in [1.54, 1.807) is 7.11 Å². The number of anilines is 3. The second-order valence-corrected chi connectivity index (χ2v) is 9.39. The maximum atomic E-state index is 6.50. The summed E-state index contributed by atoms with van der Waals surface area (Å²) >= 11 is 0. The summed E-state index contributed by atoms with van der Waals surface area (Å²) < 4.78 is 8.15. The zero-order valence-electron chi connectivity index (χ0n) is 21.4. The molecule has 1 fully saturated rings. The molecular formula is C28H35N7O. The van der Waals surface area contributed by atoms with E-state index in [0.717, 1.165) is 56.9 Å². The SMILES string of the molecule is C=NC(=N/C(=C\C)c1c2n(c3ccccc13)CCC2)Nc1cc(N)c(N2CCN(C)CC2)cc1OC. The molecule has 0 radical (unpaired) electrons. The molecule has 2 aromatic carbocycles. The van der Waals surface area contributed by atoms with Gasteiger partial charge in [-0.05, 0) is 45.7 Å². The van der Waals surface area contributed by atoms with Gasteiger partial charge in [-0.3, -0.25) is 0 Å².